The molecule has 0 saturated carbocycles. The summed E-state index contributed by atoms with van der Waals surface area (Å²) in [6.07, 6.45) is 2.69. The number of anilines is 1. The third-order valence-corrected chi connectivity index (χ3v) is 8.41. The lowest BCUT2D eigenvalue weighted by Gasteiger charge is -2.41. The van der Waals surface area contributed by atoms with E-state index in [1.54, 1.807) is 7.11 Å². The van der Waals surface area contributed by atoms with Crippen molar-refractivity contribution in [2.75, 3.05) is 31.6 Å². The third kappa shape index (κ3) is 4.89. The maximum Gasteiger partial charge on any atom is 0.289 e. The molecule has 6 nitrogen and oxygen atoms in total. The summed E-state index contributed by atoms with van der Waals surface area (Å²) in [6.45, 7) is 15.0. The van der Waals surface area contributed by atoms with E-state index in [4.69, 9.17) is 13.9 Å². The smallest absolute Gasteiger partial charge is 0.289 e. The highest BCUT2D eigenvalue weighted by atomic mass is 16.5. The molecule has 5 rings (SSSR count). The van der Waals surface area contributed by atoms with E-state index < -0.39 is 0 Å². The molecule has 0 N–H and O–H groups in total. The Hall–Kier alpha value is -3.41. The fourth-order valence-electron chi connectivity index (χ4n) is 5.95. The molecule has 1 unspecified atom stereocenters. The zero-order valence-corrected chi connectivity index (χ0v) is 23.8. The molecule has 0 aliphatic carbocycles. The maximum atomic E-state index is 13.4. The van der Waals surface area contributed by atoms with Gasteiger partial charge >= 0.3 is 0 Å². The van der Waals surface area contributed by atoms with Crippen molar-refractivity contribution in [3.8, 4) is 11.5 Å². The molecule has 1 saturated heterocycles. The van der Waals surface area contributed by atoms with Crippen LogP contribution in [-0.4, -0.2) is 49.2 Å². The van der Waals surface area contributed by atoms with Gasteiger partial charge in [0.1, 0.15) is 22.9 Å². The Kier molecular flexibility index (Phi) is 6.93. The SMILES string of the molecule is COc1cccc(N2CCN(C(=O)c3ccc(Cc4c(C)c(C)c5c(c4C)CCC(C)(C)O5)o3)CC2C)c1. The number of hydrogen-bond acceptors (Lipinski definition) is 5. The molecule has 2 aliphatic heterocycles. The van der Waals surface area contributed by atoms with Gasteiger partial charge in [-0.25, -0.2) is 0 Å². The second kappa shape index (κ2) is 10.0. The van der Waals surface area contributed by atoms with Gasteiger partial charge in [-0.3, -0.25) is 4.79 Å². The molecule has 0 radical (unpaired) electrons. The number of carbonyl (C=O) groups is 1. The lowest BCUT2D eigenvalue weighted by atomic mass is 9.84. The molecule has 2 aromatic carbocycles. The van der Waals surface area contributed by atoms with Gasteiger partial charge < -0.3 is 23.7 Å². The quantitative estimate of drug-likeness (QED) is 0.401. The van der Waals surface area contributed by atoms with E-state index in [2.05, 4.69) is 52.5 Å². The van der Waals surface area contributed by atoms with Gasteiger partial charge in [0.15, 0.2) is 5.76 Å². The van der Waals surface area contributed by atoms with Gasteiger partial charge in [-0.2, -0.15) is 0 Å². The van der Waals surface area contributed by atoms with Crippen molar-refractivity contribution >= 4 is 11.6 Å². The predicted octanol–water partition coefficient (Wildman–Crippen LogP) is 6.26. The number of amides is 1. The van der Waals surface area contributed by atoms with Crippen LogP contribution >= 0.6 is 0 Å². The van der Waals surface area contributed by atoms with E-state index >= 15 is 0 Å². The van der Waals surface area contributed by atoms with Gasteiger partial charge in [-0.05, 0) is 106 Å². The number of rotatable bonds is 5. The third-order valence-electron chi connectivity index (χ3n) is 8.41. The van der Waals surface area contributed by atoms with Crippen LogP contribution in [0.15, 0.2) is 40.8 Å². The van der Waals surface area contributed by atoms with Crippen LogP contribution in [0.25, 0.3) is 0 Å². The summed E-state index contributed by atoms with van der Waals surface area (Å²) in [5, 5.41) is 0. The van der Waals surface area contributed by atoms with Gasteiger partial charge in [-0.1, -0.05) is 6.07 Å². The Bertz CT molecular complexity index is 1360. The van der Waals surface area contributed by atoms with E-state index in [0.717, 1.165) is 42.3 Å². The molecule has 38 heavy (non-hydrogen) atoms. The van der Waals surface area contributed by atoms with Crippen LogP contribution in [-0.2, 0) is 12.8 Å². The highest BCUT2D eigenvalue weighted by molar-refractivity contribution is 5.91. The number of fused-ring (bicyclic) bond motifs is 1. The number of hydrogen-bond donors (Lipinski definition) is 0. The second-order valence-corrected chi connectivity index (χ2v) is 11.5. The van der Waals surface area contributed by atoms with Gasteiger partial charge in [-0.15, -0.1) is 0 Å². The summed E-state index contributed by atoms with van der Waals surface area (Å²) in [5.41, 5.74) is 7.30. The molecule has 2 aliphatic rings. The van der Waals surface area contributed by atoms with Crippen LogP contribution in [0.1, 0.15) is 71.3 Å². The molecular formula is C32H40N2O4. The summed E-state index contributed by atoms with van der Waals surface area (Å²) in [6, 6.07) is 12.1. The largest absolute Gasteiger partial charge is 0.497 e. The van der Waals surface area contributed by atoms with Gasteiger partial charge in [0.2, 0.25) is 0 Å². The van der Waals surface area contributed by atoms with Crippen molar-refractivity contribution in [2.45, 2.75) is 72.4 Å². The minimum Gasteiger partial charge on any atom is -0.497 e. The summed E-state index contributed by atoms with van der Waals surface area (Å²) in [5.74, 6) is 3.08. The Morgan fingerprint density at radius 3 is 2.61 bits per heavy atom. The van der Waals surface area contributed by atoms with Crippen LogP contribution in [0.2, 0.25) is 0 Å². The average Bonchev–Trinajstić information content (AvgIpc) is 3.37. The van der Waals surface area contributed by atoms with Crippen LogP contribution in [0.3, 0.4) is 0 Å². The first kappa shape index (κ1) is 26.2. The summed E-state index contributed by atoms with van der Waals surface area (Å²) < 4.78 is 17.9. The first-order valence-corrected chi connectivity index (χ1v) is 13.7. The maximum absolute atomic E-state index is 13.4. The fourth-order valence-corrected chi connectivity index (χ4v) is 5.95. The summed E-state index contributed by atoms with van der Waals surface area (Å²) in [7, 11) is 1.68. The number of nitrogens with zero attached hydrogens (tertiary/aromatic N) is 2. The van der Waals surface area contributed by atoms with Gasteiger partial charge in [0.25, 0.3) is 5.91 Å². The number of benzene rings is 2. The predicted molar refractivity (Wildman–Crippen MR) is 151 cm³/mol. The number of carbonyl (C=O) groups excluding carboxylic acids is 1. The van der Waals surface area contributed by atoms with E-state index in [0.29, 0.717) is 25.3 Å². The first-order chi connectivity index (χ1) is 18.1. The van der Waals surface area contributed by atoms with Crippen molar-refractivity contribution in [3.05, 3.63) is 75.7 Å². The molecule has 1 fully saturated rings. The standard InChI is InChI=1S/C32H40N2O4/c1-20-19-33(15-16-34(20)24-9-8-10-25(17-24)36-7)31(35)29-12-11-26(37-29)18-28-21(2)22(3)30-27(23(28)4)13-14-32(5,6)38-30/h8-12,17,20H,13-16,18-19H2,1-7H3. The molecule has 1 amide bonds. The van der Waals surface area contributed by atoms with E-state index in [9.17, 15) is 4.79 Å². The zero-order chi connectivity index (χ0) is 27.2. The number of ether oxygens (including phenoxy) is 2. The molecule has 0 bridgehead atoms. The number of methoxy groups -OCH3 is 1. The highest BCUT2D eigenvalue weighted by Crippen LogP contribution is 2.41. The lowest BCUT2D eigenvalue weighted by Crippen LogP contribution is -2.53. The molecule has 1 aromatic heterocycles. The monoisotopic (exact) mass is 516 g/mol. The fraction of sp³-hybridized carbons (Fsp3) is 0.469. The van der Waals surface area contributed by atoms with Gasteiger partial charge in [0.05, 0.1) is 7.11 Å². The Balaban J connectivity index is 1.30. The Labute approximate surface area is 226 Å². The normalized spacial score (nSPS) is 18.7. The Morgan fingerprint density at radius 2 is 1.87 bits per heavy atom. The van der Waals surface area contributed by atoms with Crippen LogP contribution in [0.5, 0.6) is 11.5 Å². The Morgan fingerprint density at radius 1 is 1.08 bits per heavy atom. The zero-order valence-electron chi connectivity index (χ0n) is 23.8. The molecular weight excluding hydrogens is 476 g/mol. The number of furan rings is 1. The summed E-state index contributed by atoms with van der Waals surface area (Å²) in [4.78, 5) is 17.6. The first-order valence-electron chi connectivity index (χ1n) is 13.7. The minimum absolute atomic E-state index is 0.0425. The van der Waals surface area contributed by atoms with E-state index in [-0.39, 0.29) is 17.6 Å². The molecule has 6 heteroatoms. The molecule has 3 heterocycles. The van der Waals surface area contributed by atoms with E-state index in [1.807, 2.05) is 35.2 Å². The van der Waals surface area contributed by atoms with E-state index in [1.165, 1.54) is 27.8 Å². The number of piperazine rings is 1. The van der Waals surface area contributed by atoms with Crippen molar-refractivity contribution in [2.24, 2.45) is 0 Å². The molecule has 1 atom stereocenters. The molecule has 0 spiro atoms. The van der Waals surface area contributed by atoms with Crippen molar-refractivity contribution in [1.82, 2.24) is 4.90 Å². The van der Waals surface area contributed by atoms with Crippen molar-refractivity contribution in [1.29, 1.82) is 0 Å². The molecule has 3 aromatic rings. The minimum atomic E-state index is -0.134. The van der Waals surface area contributed by atoms with Crippen LogP contribution in [0.4, 0.5) is 5.69 Å². The average molecular weight is 517 g/mol. The highest BCUT2D eigenvalue weighted by Gasteiger charge is 2.32. The van der Waals surface area contributed by atoms with Crippen LogP contribution in [0, 0.1) is 20.8 Å². The van der Waals surface area contributed by atoms with Gasteiger partial charge in [0, 0.05) is 43.9 Å². The molecule has 202 valence electrons. The van der Waals surface area contributed by atoms with Crippen molar-refractivity contribution < 1.29 is 18.7 Å². The summed E-state index contributed by atoms with van der Waals surface area (Å²) >= 11 is 0. The second-order valence-electron chi connectivity index (χ2n) is 11.5. The topological polar surface area (TPSA) is 55.2 Å². The van der Waals surface area contributed by atoms with Crippen LogP contribution < -0.4 is 14.4 Å². The lowest BCUT2D eigenvalue weighted by molar-refractivity contribution is 0.0692. The van der Waals surface area contributed by atoms with Crippen molar-refractivity contribution in [3.63, 3.8) is 0 Å².